The first kappa shape index (κ1) is 9.71. The maximum Gasteiger partial charge on any atom is 0.0524 e. The predicted octanol–water partition coefficient (Wildman–Crippen LogP) is 1.53. The van der Waals surface area contributed by atoms with Gasteiger partial charge in [-0.05, 0) is 51.1 Å². The SMILES string of the molecule is CC(C)n1ncc2c1C[C@@H](CN)CC2. The van der Waals surface area contributed by atoms with Crippen LogP contribution in [0.15, 0.2) is 6.20 Å². The molecule has 1 aromatic heterocycles. The molecule has 3 nitrogen and oxygen atoms in total. The van der Waals surface area contributed by atoms with Gasteiger partial charge in [0.05, 0.1) is 6.20 Å². The summed E-state index contributed by atoms with van der Waals surface area (Å²) in [5.41, 5.74) is 8.58. The molecule has 0 saturated heterocycles. The van der Waals surface area contributed by atoms with Crippen LogP contribution in [0.5, 0.6) is 0 Å². The molecule has 3 heteroatoms. The Kier molecular flexibility index (Phi) is 2.59. The van der Waals surface area contributed by atoms with Crippen molar-refractivity contribution in [2.45, 2.75) is 39.2 Å². The molecule has 0 bridgehead atoms. The van der Waals surface area contributed by atoms with Gasteiger partial charge in [0.1, 0.15) is 0 Å². The van der Waals surface area contributed by atoms with E-state index in [-0.39, 0.29) is 0 Å². The highest BCUT2D eigenvalue weighted by Gasteiger charge is 2.22. The number of nitrogens with two attached hydrogens (primary N) is 1. The largest absolute Gasteiger partial charge is 0.330 e. The predicted molar refractivity (Wildman–Crippen MR) is 57.2 cm³/mol. The van der Waals surface area contributed by atoms with Crippen LogP contribution in [0.2, 0.25) is 0 Å². The van der Waals surface area contributed by atoms with E-state index < -0.39 is 0 Å². The van der Waals surface area contributed by atoms with Crippen LogP contribution >= 0.6 is 0 Å². The molecule has 0 fully saturated rings. The van der Waals surface area contributed by atoms with E-state index in [1.807, 2.05) is 6.20 Å². The third-order valence-corrected chi connectivity index (χ3v) is 3.11. The fraction of sp³-hybridized carbons (Fsp3) is 0.727. The minimum Gasteiger partial charge on any atom is -0.330 e. The second-order valence-corrected chi connectivity index (χ2v) is 4.50. The molecular formula is C11H19N3. The van der Waals surface area contributed by atoms with Gasteiger partial charge in [-0.25, -0.2) is 0 Å². The van der Waals surface area contributed by atoms with E-state index in [9.17, 15) is 0 Å². The normalized spacial score (nSPS) is 21.3. The number of hydrogen-bond acceptors (Lipinski definition) is 2. The van der Waals surface area contributed by atoms with Crippen LogP contribution in [-0.4, -0.2) is 16.3 Å². The fourth-order valence-electron chi connectivity index (χ4n) is 2.24. The lowest BCUT2D eigenvalue weighted by Gasteiger charge is -2.22. The van der Waals surface area contributed by atoms with Crippen LogP contribution in [0.3, 0.4) is 0 Å². The Morgan fingerprint density at radius 2 is 2.43 bits per heavy atom. The van der Waals surface area contributed by atoms with Crippen LogP contribution in [0.4, 0.5) is 0 Å². The van der Waals surface area contributed by atoms with Crippen molar-refractivity contribution in [2.75, 3.05) is 6.54 Å². The Morgan fingerprint density at radius 1 is 1.64 bits per heavy atom. The van der Waals surface area contributed by atoms with Crippen LogP contribution in [0.25, 0.3) is 0 Å². The van der Waals surface area contributed by atoms with Gasteiger partial charge >= 0.3 is 0 Å². The van der Waals surface area contributed by atoms with Gasteiger partial charge < -0.3 is 5.73 Å². The molecule has 1 atom stereocenters. The van der Waals surface area contributed by atoms with E-state index in [0.717, 1.165) is 19.4 Å². The standard InChI is InChI=1S/C11H19N3/c1-8(2)14-11-5-9(6-12)3-4-10(11)7-13-14/h7-9H,3-6,12H2,1-2H3/t9-/m0/s1. The molecule has 0 radical (unpaired) electrons. The van der Waals surface area contributed by atoms with E-state index >= 15 is 0 Å². The molecule has 0 aromatic carbocycles. The summed E-state index contributed by atoms with van der Waals surface area (Å²) in [5.74, 6) is 0.664. The summed E-state index contributed by atoms with van der Waals surface area (Å²) in [6, 6.07) is 0.468. The fourth-order valence-corrected chi connectivity index (χ4v) is 2.24. The number of aromatic nitrogens is 2. The topological polar surface area (TPSA) is 43.8 Å². The highest BCUT2D eigenvalue weighted by atomic mass is 15.3. The zero-order valence-electron chi connectivity index (χ0n) is 9.03. The van der Waals surface area contributed by atoms with Crippen molar-refractivity contribution in [1.82, 2.24) is 9.78 Å². The molecule has 1 aromatic rings. The zero-order chi connectivity index (χ0) is 10.1. The number of aryl methyl sites for hydroxylation is 1. The molecule has 0 aliphatic heterocycles. The summed E-state index contributed by atoms with van der Waals surface area (Å²) in [6.45, 7) is 5.17. The van der Waals surface area contributed by atoms with Gasteiger partial charge in [-0.1, -0.05) is 0 Å². The number of nitrogens with zero attached hydrogens (tertiary/aromatic N) is 2. The van der Waals surface area contributed by atoms with Crippen LogP contribution in [0, 0.1) is 5.92 Å². The van der Waals surface area contributed by atoms with Crippen molar-refractivity contribution >= 4 is 0 Å². The molecule has 1 heterocycles. The molecule has 1 aliphatic rings. The molecule has 1 aliphatic carbocycles. The number of fused-ring (bicyclic) bond motifs is 1. The van der Waals surface area contributed by atoms with Crippen molar-refractivity contribution < 1.29 is 0 Å². The molecule has 2 rings (SSSR count). The maximum absolute atomic E-state index is 5.73. The van der Waals surface area contributed by atoms with E-state index in [2.05, 4.69) is 23.6 Å². The lowest BCUT2D eigenvalue weighted by atomic mass is 9.88. The van der Waals surface area contributed by atoms with Gasteiger partial charge in [-0.2, -0.15) is 5.10 Å². The monoisotopic (exact) mass is 193 g/mol. The quantitative estimate of drug-likeness (QED) is 0.774. The average molecular weight is 193 g/mol. The molecule has 0 spiro atoms. The number of rotatable bonds is 2. The second kappa shape index (κ2) is 3.73. The van der Waals surface area contributed by atoms with Gasteiger partial charge in [0.15, 0.2) is 0 Å². The molecule has 0 saturated carbocycles. The smallest absolute Gasteiger partial charge is 0.0524 e. The Morgan fingerprint density at radius 3 is 3.07 bits per heavy atom. The molecule has 14 heavy (non-hydrogen) atoms. The lowest BCUT2D eigenvalue weighted by molar-refractivity contribution is 0.426. The van der Waals surface area contributed by atoms with E-state index in [4.69, 9.17) is 5.73 Å². The average Bonchev–Trinajstić information content (AvgIpc) is 2.59. The summed E-state index contributed by atoms with van der Waals surface area (Å²) in [4.78, 5) is 0. The Labute approximate surface area is 85.3 Å². The van der Waals surface area contributed by atoms with Crippen LogP contribution < -0.4 is 5.73 Å². The Hall–Kier alpha value is -0.830. The van der Waals surface area contributed by atoms with Crippen LogP contribution in [0.1, 0.15) is 37.6 Å². The van der Waals surface area contributed by atoms with Gasteiger partial charge in [0, 0.05) is 11.7 Å². The summed E-state index contributed by atoms with van der Waals surface area (Å²) < 4.78 is 2.15. The van der Waals surface area contributed by atoms with Gasteiger partial charge in [0.2, 0.25) is 0 Å². The van der Waals surface area contributed by atoms with Crippen LogP contribution in [-0.2, 0) is 12.8 Å². The minimum absolute atomic E-state index is 0.468. The second-order valence-electron chi connectivity index (χ2n) is 4.50. The van der Waals surface area contributed by atoms with E-state index in [0.29, 0.717) is 12.0 Å². The van der Waals surface area contributed by atoms with E-state index in [1.165, 1.54) is 17.7 Å². The third kappa shape index (κ3) is 1.57. The highest BCUT2D eigenvalue weighted by Crippen LogP contribution is 2.26. The van der Waals surface area contributed by atoms with Gasteiger partial charge in [0.25, 0.3) is 0 Å². The van der Waals surface area contributed by atoms with Crippen molar-refractivity contribution in [3.8, 4) is 0 Å². The van der Waals surface area contributed by atoms with Gasteiger partial charge in [-0.3, -0.25) is 4.68 Å². The molecule has 2 N–H and O–H groups in total. The maximum atomic E-state index is 5.73. The van der Waals surface area contributed by atoms with Crippen molar-refractivity contribution in [2.24, 2.45) is 11.7 Å². The first-order valence-electron chi connectivity index (χ1n) is 5.47. The summed E-state index contributed by atoms with van der Waals surface area (Å²) in [6.07, 6.45) is 5.53. The molecule has 0 unspecified atom stereocenters. The summed E-state index contributed by atoms with van der Waals surface area (Å²) in [5, 5.41) is 4.44. The summed E-state index contributed by atoms with van der Waals surface area (Å²) in [7, 11) is 0. The Bertz CT molecular complexity index is 314. The van der Waals surface area contributed by atoms with Crippen molar-refractivity contribution in [1.29, 1.82) is 0 Å². The molecule has 0 amide bonds. The van der Waals surface area contributed by atoms with Crippen molar-refractivity contribution in [3.63, 3.8) is 0 Å². The number of hydrogen-bond donors (Lipinski definition) is 1. The van der Waals surface area contributed by atoms with Gasteiger partial charge in [-0.15, -0.1) is 0 Å². The van der Waals surface area contributed by atoms with Crippen molar-refractivity contribution in [3.05, 3.63) is 17.5 Å². The molecular weight excluding hydrogens is 174 g/mol. The minimum atomic E-state index is 0.468. The summed E-state index contributed by atoms with van der Waals surface area (Å²) >= 11 is 0. The third-order valence-electron chi connectivity index (χ3n) is 3.11. The lowest BCUT2D eigenvalue weighted by Crippen LogP contribution is -2.24. The first-order chi connectivity index (χ1) is 6.72. The van der Waals surface area contributed by atoms with E-state index in [1.54, 1.807) is 0 Å². The zero-order valence-corrected chi connectivity index (χ0v) is 9.03. The highest BCUT2D eigenvalue weighted by molar-refractivity contribution is 5.22. The first-order valence-corrected chi connectivity index (χ1v) is 5.47. The Balaban J connectivity index is 2.28. The molecule has 78 valence electrons.